The molecule has 0 heterocycles. The fraction of sp³-hybridized carbons (Fsp3) is 0.625. The number of esters is 1. The zero-order chi connectivity index (χ0) is 9.78. The molecule has 64 valence electrons. The van der Waals surface area contributed by atoms with Gasteiger partial charge in [0, 0.05) is 5.57 Å². The highest BCUT2D eigenvalue weighted by molar-refractivity contribution is 5.86. The summed E-state index contributed by atoms with van der Waals surface area (Å²) in [6, 6.07) is 0. The Morgan fingerprint density at radius 2 is 2.27 bits per heavy atom. The normalized spacial score (nSPS) is 12.1. The fourth-order valence-electron chi connectivity index (χ4n) is 0.444. The summed E-state index contributed by atoms with van der Waals surface area (Å²) in [5, 5.41) is 0. The summed E-state index contributed by atoms with van der Waals surface area (Å²) in [6.07, 6.45) is 0. The number of rotatable bonds is 4. The Bertz CT molecular complexity index is 184. The second-order valence-electron chi connectivity index (χ2n) is 2.72. The van der Waals surface area contributed by atoms with E-state index in [1.165, 1.54) is 0 Å². The topological polar surface area (TPSA) is 30.7 Å². The third-order valence-corrected chi connectivity index (χ3v) is 1.12. The van der Waals surface area contributed by atoms with Crippen LogP contribution in [-0.2, 0) is 9.53 Å². The predicted octanol–water partition coefficient (Wildman–Crippen LogP) is -0.750. The molecular formula is C8H16NO2+. The first-order valence-corrected chi connectivity index (χ1v) is 3.51. The minimum Gasteiger partial charge on any atom is -0.456 e. The second kappa shape index (κ2) is 4.91. The molecule has 0 aromatic heterocycles. The Labute approximate surface area is 69.1 Å². The summed E-state index contributed by atoms with van der Waals surface area (Å²) in [6.45, 7) is 5.80. The van der Waals surface area contributed by atoms with Gasteiger partial charge < -0.3 is 9.63 Å². The molecule has 0 aromatic carbocycles. The molecule has 0 spiro atoms. The summed E-state index contributed by atoms with van der Waals surface area (Å²) in [4.78, 5) is 10.9. The quantitative estimate of drug-likeness (QED) is 0.432. The highest BCUT2D eigenvalue weighted by atomic mass is 16.5. The molecule has 3 heteroatoms. The van der Waals surface area contributed by atoms with Crippen LogP contribution in [0.3, 0.4) is 0 Å². The number of nitrogens with one attached hydrogen (secondary N) is 1. The van der Waals surface area contributed by atoms with Crippen LogP contribution >= 0.6 is 0 Å². The number of quaternary nitrogens is 1. The van der Waals surface area contributed by atoms with Gasteiger partial charge in [-0.1, -0.05) is 6.58 Å². The SMILES string of the molecule is [2H][N+](C)(C)CCOC(=O)C(=C)C. The molecule has 0 amide bonds. The van der Waals surface area contributed by atoms with Gasteiger partial charge in [-0.3, -0.25) is 0 Å². The van der Waals surface area contributed by atoms with Gasteiger partial charge in [-0.15, -0.1) is 0 Å². The number of likely N-dealkylation sites (N-methyl/N-ethyl adjacent to an activating group) is 1. The van der Waals surface area contributed by atoms with Gasteiger partial charge in [-0.25, -0.2) is 4.79 Å². The molecule has 0 aromatic rings. The van der Waals surface area contributed by atoms with Crippen molar-refractivity contribution in [2.24, 2.45) is 0 Å². The molecule has 0 bridgehead atoms. The van der Waals surface area contributed by atoms with Crippen LogP contribution in [-0.4, -0.2) is 33.2 Å². The largest absolute Gasteiger partial charge is 0.456 e. The van der Waals surface area contributed by atoms with E-state index in [0.717, 1.165) is 0 Å². The van der Waals surface area contributed by atoms with Crippen molar-refractivity contribution in [3.63, 3.8) is 0 Å². The lowest BCUT2D eigenvalue weighted by atomic mass is 10.4. The maximum Gasteiger partial charge on any atom is 0.347 e. The van der Waals surface area contributed by atoms with Crippen LogP contribution in [0.2, 0.25) is 1.41 Å². The summed E-state index contributed by atoms with van der Waals surface area (Å²) in [5.41, 5.74) is 0.394. The summed E-state index contributed by atoms with van der Waals surface area (Å²) in [5.74, 6) is -0.386. The molecule has 0 fully saturated rings. The van der Waals surface area contributed by atoms with Crippen LogP contribution in [0, 0.1) is 0 Å². The van der Waals surface area contributed by atoms with E-state index in [-0.39, 0.29) is 17.5 Å². The van der Waals surface area contributed by atoms with Crippen molar-refractivity contribution in [3.05, 3.63) is 12.2 Å². The molecular weight excluding hydrogens is 142 g/mol. The van der Waals surface area contributed by atoms with Crippen molar-refractivity contribution < 1.29 is 15.8 Å². The maximum atomic E-state index is 10.8. The van der Waals surface area contributed by atoms with Gasteiger partial charge in [0.15, 0.2) is 0 Å². The minimum atomic E-state index is -0.386. The third kappa shape index (κ3) is 5.61. The van der Waals surface area contributed by atoms with Crippen molar-refractivity contribution in [2.75, 3.05) is 27.2 Å². The summed E-state index contributed by atoms with van der Waals surface area (Å²) >= 11 is 0. The van der Waals surface area contributed by atoms with E-state index < -0.39 is 0 Å². The maximum absolute atomic E-state index is 10.8. The lowest BCUT2D eigenvalue weighted by molar-refractivity contribution is -0.858. The zero-order valence-corrected chi connectivity index (χ0v) is 7.39. The number of hydrogen-bond acceptors (Lipinski definition) is 2. The number of hydrogen-bond donors (Lipinski definition) is 1. The molecule has 3 nitrogen and oxygen atoms in total. The Hall–Kier alpha value is -0.830. The number of carbonyl (C=O) groups is 1. The molecule has 0 aliphatic rings. The van der Waals surface area contributed by atoms with E-state index in [1.54, 1.807) is 21.0 Å². The van der Waals surface area contributed by atoms with Gasteiger partial charge in [0.2, 0.25) is 0 Å². The van der Waals surface area contributed by atoms with Gasteiger partial charge in [-0.2, -0.15) is 0 Å². The molecule has 1 N–H and O–H groups in total. The monoisotopic (exact) mass is 159 g/mol. The summed E-state index contributed by atoms with van der Waals surface area (Å²) < 4.78 is 12.2. The molecule has 0 saturated carbocycles. The van der Waals surface area contributed by atoms with Crippen LogP contribution in [0.4, 0.5) is 0 Å². The van der Waals surface area contributed by atoms with Crippen molar-refractivity contribution in [1.29, 1.82) is 0 Å². The molecule has 0 aliphatic carbocycles. The lowest BCUT2D eigenvalue weighted by Gasteiger charge is -2.07. The van der Waals surface area contributed by atoms with Gasteiger partial charge in [0.1, 0.15) is 13.2 Å². The number of carbonyl (C=O) groups excluding carboxylic acids is 1. The molecule has 11 heavy (non-hydrogen) atoms. The van der Waals surface area contributed by atoms with E-state index in [4.69, 9.17) is 6.15 Å². The first kappa shape index (κ1) is 8.27. The van der Waals surface area contributed by atoms with Crippen LogP contribution in [0.25, 0.3) is 0 Å². The predicted molar refractivity (Wildman–Crippen MR) is 43.5 cm³/mol. The van der Waals surface area contributed by atoms with E-state index in [0.29, 0.717) is 12.1 Å². The Balaban J connectivity index is 3.58. The fourth-order valence-corrected chi connectivity index (χ4v) is 0.444. The van der Waals surface area contributed by atoms with Crippen LogP contribution in [0.5, 0.6) is 0 Å². The molecule has 0 rings (SSSR count). The standard InChI is InChI=1S/C8H15NO2/c1-7(2)8(10)11-6-5-9(3)4/h1,5-6H2,2-4H3/p+1/i/hD. The average Bonchev–Trinajstić information content (AvgIpc) is 1.84. The van der Waals surface area contributed by atoms with E-state index >= 15 is 0 Å². The van der Waals surface area contributed by atoms with E-state index in [1.807, 2.05) is 0 Å². The molecule has 0 aliphatic heterocycles. The lowest BCUT2D eigenvalue weighted by Crippen LogP contribution is -3.06. The van der Waals surface area contributed by atoms with Gasteiger partial charge in [0.05, 0.1) is 14.1 Å². The average molecular weight is 159 g/mol. The number of ether oxygens (including phenoxy) is 1. The molecule has 0 atom stereocenters. The van der Waals surface area contributed by atoms with Crippen LogP contribution in [0.15, 0.2) is 12.2 Å². The van der Waals surface area contributed by atoms with Gasteiger partial charge in [-0.05, 0) is 6.92 Å². The van der Waals surface area contributed by atoms with Crippen molar-refractivity contribution >= 4 is 5.97 Å². The Morgan fingerprint density at radius 1 is 1.73 bits per heavy atom. The minimum absolute atomic E-state index is 0.0451. The van der Waals surface area contributed by atoms with E-state index in [9.17, 15) is 4.79 Å². The highest BCUT2D eigenvalue weighted by Gasteiger charge is 2.02. The van der Waals surface area contributed by atoms with Crippen LogP contribution in [0.1, 0.15) is 6.92 Å². The van der Waals surface area contributed by atoms with Crippen LogP contribution < -0.4 is 4.89 Å². The smallest absolute Gasteiger partial charge is 0.347 e. The first-order chi connectivity index (χ1) is 5.33. The van der Waals surface area contributed by atoms with E-state index in [2.05, 4.69) is 6.58 Å². The second-order valence-corrected chi connectivity index (χ2v) is 2.72. The van der Waals surface area contributed by atoms with Gasteiger partial charge in [0.25, 0.3) is 0 Å². The Morgan fingerprint density at radius 3 is 2.64 bits per heavy atom. The first-order valence-electron chi connectivity index (χ1n) is 3.96. The summed E-state index contributed by atoms with van der Waals surface area (Å²) in [7, 11) is 3.43. The molecule has 0 radical (unpaired) electrons. The van der Waals surface area contributed by atoms with Gasteiger partial charge >= 0.3 is 7.38 Å². The van der Waals surface area contributed by atoms with Crippen molar-refractivity contribution in [2.45, 2.75) is 6.92 Å². The van der Waals surface area contributed by atoms with Crippen molar-refractivity contribution in [1.82, 2.24) is 0 Å². The zero-order valence-electron chi connectivity index (χ0n) is 8.39. The third-order valence-electron chi connectivity index (χ3n) is 1.12. The van der Waals surface area contributed by atoms with Crippen molar-refractivity contribution in [3.8, 4) is 0 Å². The highest BCUT2D eigenvalue weighted by Crippen LogP contribution is 1.89. The molecule has 0 saturated heterocycles. The molecule has 0 unspecified atom stereocenters. The Kier molecular flexibility index (Phi) is 3.69.